The Morgan fingerprint density at radius 1 is 1.30 bits per heavy atom. The van der Waals surface area contributed by atoms with E-state index in [0.717, 1.165) is 29.1 Å². The van der Waals surface area contributed by atoms with E-state index in [9.17, 15) is 4.79 Å². The molecule has 0 fully saturated rings. The van der Waals surface area contributed by atoms with Crippen LogP contribution in [0.2, 0.25) is 0 Å². The van der Waals surface area contributed by atoms with Crippen molar-refractivity contribution in [3.8, 4) is 11.3 Å². The average molecular weight is 285 g/mol. The number of primary amides is 1. The van der Waals surface area contributed by atoms with Crippen LogP contribution in [0.4, 0.5) is 0 Å². The first-order valence-corrected chi connectivity index (χ1v) is 7.40. The molecule has 0 aliphatic heterocycles. The van der Waals surface area contributed by atoms with Crippen molar-refractivity contribution < 1.29 is 4.79 Å². The van der Waals surface area contributed by atoms with E-state index in [2.05, 4.69) is 29.2 Å². The molecule has 102 valence electrons. The lowest BCUT2D eigenvalue weighted by Crippen LogP contribution is -2.10. The molecule has 2 heterocycles. The van der Waals surface area contributed by atoms with Gasteiger partial charge in [0.1, 0.15) is 0 Å². The smallest absolute Gasteiger partial charge is 0.217 e. The summed E-state index contributed by atoms with van der Waals surface area (Å²) in [5, 5.41) is 2.02. The first-order chi connectivity index (χ1) is 9.72. The summed E-state index contributed by atoms with van der Waals surface area (Å²) in [5.41, 5.74) is 8.45. The number of carbonyl (C=O) groups excluding carboxylic acids is 1. The fourth-order valence-electron chi connectivity index (χ4n) is 2.18. The van der Waals surface area contributed by atoms with Crippen molar-refractivity contribution in [2.75, 3.05) is 0 Å². The van der Waals surface area contributed by atoms with E-state index in [-0.39, 0.29) is 5.91 Å². The Balaban J connectivity index is 1.72. The summed E-state index contributed by atoms with van der Waals surface area (Å²) in [4.78, 5) is 16.3. The number of amides is 1. The number of aryl methyl sites for hydroxylation is 1. The van der Waals surface area contributed by atoms with E-state index in [0.29, 0.717) is 6.42 Å². The van der Waals surface area contributed by atoms with E-state index in [1.807, 2.05) is 22.2 Å². The molecule has 1 aromatic carbocycles. The zero-order valence-corrected chi connectivity index (χ0v) is 11.8. The van der Waals surface area contributed by atoms with Crippen LogP contribution in [0, 0.1) is 0 Å². The zero-order valence-electron chi connectivity index (χ0n) is 11.0. The normalized spacial score (nSPS) is 11.0. The summed E-state index contributed by atoms with van der Waals surface area (Å²) in [5.74, 6) is -0.236. The molecule has 0 bridgehead atoms. The average Bonchev–Trinajstić information content (AvgIpc) is 3.00. The van der Waals surface area contributed by atoms with Crippen LogP contribution >= 0.6 is 11.3 Å². The number of imidazole rings is 1. The molecule has 0 spiro atoms. The third-order valence-electron chi connectivity index (χ3n) is 3.23. The minimum absolute atomic E-state index is 0.236. The van der Waals surface area contributed by atoms with Crippen LogP contribution in [-0.4, -0.2) is 15.3 Å². The van der Waals surface area contributed by atoms with Crippen LogP contribution in [0.5, 0.6) is 0 Å². The van der Waals surface area contributed by atoms with Gasteiger partial charge in [-0.25, -0.2) is 4.98 Å². The predicted octanol–water partition coefficient (Wildman–Crippen LogP) is 2.87. The minimum Gasteiger partial charge on any atom is -0.370 e. The molecular weight excluding hydrogens is 270 g/mol. The quantitative estimate of drug-likeness (QED) is 0.783. The third kappa shape index (κ3) is 2.72. The molecular formula is C15H15N3OS. The number of nitrogens with zero attached hydrogens (tertiary/aromatic N) is 2. The molecule has 3 aromatic rings. The number of rotatable bonds is 5. The highest BCUT2D eigenvalue weighted by Crippen LogP contribution is 2.22. The highest BCUT2D eigenvalue weighted by atomic mass is 32.1. The van der Waals surface area contributed by atoms with Crippen LogP contribution in [0.25, 0.3) is 16.2 Å². The van der Waals surface area contributed by atoms with Crippen LogP contribution in [0.1, 0.15) is 18.4 Å². The number of benzene rings is 1. The topological polar surface area (TPSA) is 60.4 Å². The van der Waals surface area contributed by atoms with Gasteiger partial charge in [-0.05, 0) is 18.4 Å². The monoisotopic (exact) mass is 285 g/mol. The number of aromatic nitrogens is 2. The fraction of sp³-hybridized carbons (Fsp3) is 0.200. The second kappa shape index (κ2) is 5.46. The van der Waals surface area contributed by atoms with Crippen molar-refractivity contribution in [2.45, 2.75) is 19.3 Å². The highest BCUT2D eigenvalue weighted by Gasteiger charge is 2.05. The van der Waals surface area contributed by atoms with Gasteiger partial charge < -0.3 is 5.73 Å². The maximum atomic E-state index is 10.7. The highest BCUT2D eigenvalue weighted by molar-refractivity contribution is 7.15. The van der Waals surface area contributed by atoms with Crippen LogP contribution in [-0.2, 0) is 11.2 Å². The Morgan fingerprint density at radius 2 is 2.10 bits per heavy atom. The van der Waals surface area contributed by atoms with Gasteiger partial charge >= 0.3 is 0 Å². The second-order valence-corrected chi connectivity index (χ2v) is 5.61. The molecule has 1 amide bonds. The van der Waals surface area contributed by atoms with Gasteiger partial charge in [0.2, 0.25) is 5.91 Å². The lowest BCUT2D eigenvalue weighted by Gasteiger charge is -2.01. The molecule has 0 radical (unpaired) electrons. The van der Waals surface area contributed by atoms with Crippen LogP contribution < -0.4 is 5.73 Å². The van der Waals surface area contributed by atoms with Gasteiger partial charge in [0.15, 0.2) is 4.96 Å². The molecule has 0 saturated carbocycles. The minimum atomic E-state index is -0.236. The SMILES string of the molecule is NC(=O)CCCc1ccc(-c2cn3ccsc3n2)cc1. The molecule has 2 aromatic heterocycles. The molecule has 0 atom stereocenters. The Hall–Kier alpha value is -2.14. The van der Waals surface area contributed by atoms with Crippen molar-refractivity contribution in [2.24, 2.45) is 5.73 Å². The second-order valence-electron chi connectivity index (χ2n) is 4.74. The molecule has 5 heteroatoms. The molecule has 0 aliphatic rings. The number of hydrogen-bond acceptors (Lipinski definition) is 3. The Labute approximate surface area is 120 Å². The summed E-state index contributed by atoms with van der Waals surface area (Å²) in [6.07, 6.45) is 6.16. The third-order valence-corrected chi connectivity index (χ3v) is 4.00. The number of thiazole rings is 1. The fourth-order valence-corrected chi connectivity index (χ4v) is 2.88. The van der Waals surface area contributed by atoms with E-state index < -0.39 is 0 Å². The first-order valence-electron chi connectivity index (χ1n) is 6.52. The van der Waals surface area contributed by atoms with Gasteiger partial charge in [-0.1, -0.05) is 24.3 Å². The Bertz CT molecular complexity index is 699. The van der Waals surface area contributed by atoms with Gasteiger partial charge in [-0.3, -0.25) is 9.20 Å². The summed E-state index contributed by atoms with van der Waals surface area (Å²) in [6, 6.07) is 8.33. The standard InChI is InChI=1S/C15H15N3OS/c16-14(19)3-1-2-11-4-6-12(7-5-11)13-10-18-8-9-20-15(18)17-13/h4-10H,1-3H2,(H2,16,19). The van der Waals surface area contributed by atoms with E-state index in [1.165, 1.54) is 5.56 Å². The van der Waals surface area contributed by atoms with E-state index >= 15 is 0 Å². The van der Waals surface area contributed by atoms with Crippen molar-refractivity contribution >= 4 is 22.2 Å². The van der Waals surface area contributed by atoms with Crippen molar-refractivity contribution in [3.05, 3.63) is 47.6 Å². The number of hydrogen-bond donors (Lipinski definition) is 1. The molecule has 20 heavy (non-hydrogen) atoms. The lowest BCUT2D eigenvalue weighted by atomic mass is 10.0. The number of nitrogens with two attached hydrogens (primary N) is 1. The summed E-state index contributed by atoms with van der Waals surface area (Å²) in [6.45, 7) is 0. The number of fused-ring (bicyclic) bond motifs is 1. The van der Waals surface area contributed by atoms with Crippen molar-refractivity contribution in [3.63, 3.8) is 0 Å². The Kier molecular flexibility index (Phi) is 3.52. The maximum absolute atomic E-state index is 10.7. The Morgan fingerprint density at radius 3 is 2.80 bits per heavy atom. The van der Waals surface area contributed by atoms with Crippen molar-refractivity contribution in [1.82, 2.24) is 9.38 Å². The summed E-state index contributed by atoms with van der Waals surface area (Å²) in [7, 11) is 0. The maximum Gasteiger partial charge on any atom is 0.217 e. The van der Waals surface area contributed by atoms with Gasteiger partial charge in [0.25, 0.3) is 0 Å². The largest absolute Gasteiger partial charge is 0.370 e. The van der Waals surface area contributed by atoms with E-state index in [1.54, 1.807) is 11.3 Å². The van der Waals surface area contributed by atoms with Gasteiger partial charge in [0, 0.05) is 29.8 Å². The predicted molar refractivity (Wildman–Crippen MR) is 80.6 cm³/mol. The summed E-state index contributed by atoms with van der Waals surface area (Å²) < 4.78 is 2.03. The van der Waals surface area contributed by atoms with Gasteiger partial charge in [-0.15, -0.1) is 11.3 Å². The number of carbonyl (C=O) groups is 1. The van der Waals surface area contributed by atoms with Crippen LogP contribution in [0.15, 0.2) is 42.0 Å². The first kappa shape index (κ1) is 12.9. The van der Waals surface area contributed by atoms with Crippen LogP contribution in [0.3, 0.4) is 0 Å². The van der Waals surface area contributed by atoms with Gasteiger partial charge in [-0.2, -0.15) is 0 Å². The summed E-state index contributed by atoms with van der Waals surface area (Å²) >= 11 is 1.63. The van der Waals surface area contributed by atoms with Crippen molar-refractivity contribution in [1.29, 1.82) is 0 Å². The molecule has 3 rings (SSSR count). The lowest BCUT2D eigenvalue weighted by molar-refractivity contribution is -0.118. The molecule has 4 nitrogen and oxygen atoms in total. The molecule has 0 saturated heterocycles. The zero-order chi connectivity index (χ0) is 13.9. The molecule has 2 N–H and O–H groups in total. The molecule has 0 unspecified atom stereocenters. The van der Waals surface area contributed by atoms with E-state index in [4.69, 9.17) is 5.73 Å². The van der Waals surface area contributed by atoms with Gasteiger partial charge in [0.05, 0.1) is 5.69 Å². The molecule has 0 aliphatic carbocycles.